The summed E-state index contributed by atoms with van der Waals surface area (Å²) >= 11 is 0. The summed E-state index contributed by atoms with van der Waals surface area (Å²) in [6.45, 7) is 3.34. The quantitative estimate of drug-likeness (QED) is 0.295. The molecular formula is C19H22N4O7S. The van der Waals surface area contributed by atoms with Crippen molar-refractivity contribution in [3.8, 4) is 0 Å². The smallest absolute Gasteiger partial charge is 0.308 e. The first kappa shape index (κ1) is 23.8. The highest BCUT2D eigenvalue weighted by Gasteiger charge is 2.19. The molecule has 0 aromatic heterocycles. The van der Waals surface area contributed by atoms with Crippen LogP contribution in [0.4, 0.5) is 17.1 Å². The first-order valence-electron chi connectivity index (χ1n) is 9.05. The van der Waals surface area contributed by atoms with E-state index in [4.69, 9.17) is 9.88 Å². The van der Waals surface area contributed by atoms with E-state index in [1.54, 1.807) is 12.1 Å². The van der Waals surface area contributed by atoms with E-state index in [1.165, 1.54) is 6.07 Å². The molecule has 0 aliphatic rings. The average Bonchev–Trinajstić information content (AvgIpc) is 2.68. The Morgan fingerprint density at radius 3 is 2.45 bits per heavy atom. The van der Waals surface area contributed by atoms with Crippen LogP contribution in [-0.4, -0.2) is 38.4 Å². The third kappa shape index (κ3) is 7.04. The fraction of sp³-hybridized carbons (Fsp3) is 0.263. The second-order valence-corrected chi connectivity index (χ2v) is 8.23. The number of hydrogen-bond acceptors (Lipinski definition) is 8. The number of rotatable bonds is 9. The second kappa shape index (κ2) is 10.00. The number of benzene rings is 2. The third-order valence-electron chi connectivity index (χ3n) is 4.29. The predicted octanol–water partition coefficient (Wildman–Crippen LogP) is 1.84. The Morgan fingerprint density at radius 2 is 1.84 bits per heavy atom. The molecule has 2 aromatic rings. The number of aryl methyl sites for hydroxylation is 2. The predicted molar refractivity (Wildman–Crippen MR) is 113 cm³/mol. The highest BCUT2D eigenvalue weighted by Crippen LogP contribution is 2.27. The van der Waals surface area contributed by atoms with Gasteiger partial charge in [0.25, 0.3) is 11.6 Å². The number of ether oxygens (including phenoxy) is 1. The number of nitrogens with one attached hydrogen (secondary N) is 2. The van der Waals surface area contributed by atoms with E-state index in [0.29, 0.717) is 5.69 Å². The molecular weight excluding hydrogens is 428 g/mol. The standard InChI is InChI=1S/C19H22N4O7S/c1-12-3-4-14(9-13(12)2)22-18(24)11-30-19(25)7-8-21-16-6-5-15(31(20,28)29)10-17(16)23(26)27/h3-6,9-10,21H,7-8,11H2,1-2H3,(H,22,24)(H2,20,28,29). The van der Waals surface area contributed by atoms with Gasteiger partial charge in [-0.25, -0.2) is 13.6 Å². The lowest BCUT2D eigenvalue weighted by Crippen LogP contribution is -2.22. The van der Waals surface area contributed by atoms with E-state index in [0.717, 1.165) is 23.3 Å². The van der Waals surface area contributed by atoms with Gasteiger partial charge in [0.15, 0.2) is 6.61 Å². The molecule has 2 rings (SSSR count). The lowest BCUT2D eigenvalue weighted by atomic mass is 10.1. The van der Waals surface area contributed by atoms with Crippen LogP contribution in [0.3, 0.4) is 0 Å². The minimum absolute atomic E-state index is 0.0117. The van der Waals surface area contributed by atoms with Crippen LogP contribution in [0.5, 0.6) is 0 Å². The molecule has 0 aliphatic carbocycles. The van der Waals surface area contributed by atoms with Crippen molar-refractivity contribution in [3.05, 3.63) is 57.6 Å². The summed E-state index contributed by atoms with van der Waals surface area (Å²) in [6.07, 6.45) is -0.176. The molecule has 4 N–H and O–H groups in total. The molecule has 0 unspecified atom stereocenters. The molecule has 2 aromatic carbocycles. The van der Waals surface area contributed by atoms with E-state index in [9.17, 15) is 28.1 Å². The van der Waals surface area contributed by atoms with Crippen LogP contribution in [0, 0.1) is 24.0 Å². The van der Waals surface area contributed by atoms with Crippen molar-refractivity contribution >= 4 is 39.0 Å². The maximum atomic E-state index is 11.9. The highest BCUT2D eigenvalue weighted by molar-refractivity contribution is 7.89. The van der Waals surface area contributed by atoms with Gasteiger partial charge in [-0.05, 0) is 49.2 Å². The van der Waals surface area contributed by atoms with Gasteiger partial charge in [-0.3, -0.25) is 19.7 Å². The van der Waals surface area contributed by atoms with Crippen LogP contribution in [0.2, 0.25) is 0 Å². The molecule has 0 radical (unpaired) electrons. The van der Waals surface area contributed by atoms with E-state index < -0.39 is 44.0 Å². The Kier molecular flexibility index (Phi) is 7.67. The number of sulfonamides is 1. The summed E-state index contributed by atoms with van der Waals surface area (Å²) in [7, 11) is -4.10. The van der Waals surface area contributed by atoms with Gasteiger partial charge in [0.05, 0.1) is 16.2 Å². The molecule has 0 saturated heterocycles. The highest BCUT2D eigenvalue weighted by atomic mass is 32.2. The summed E-state index contributed by atoms with van der Waals surface area (Å²) in [5, 5.41) is 21.4. The number of esters is 1. The number of primary sulfonamides is 1. The average molecular weight is 450 g/mol. The van der Waals surface area contributed by atoms with Crippen LogP contribution in [0.25, 0.3) is 0 Å². The van der Waals surface area contributed by atoms with Gasteiger partial charge in [0, 0.05) is 18.3 Å². The van der Waals surface area contributed by atoms with E-state index >= 15 is 0 Å². The van der Waals surface area contributed by atoms with Gasteiger partial charge in [0.2, 0.25) is 10.0 Å². The Balaban J connectivity index is 1.84. The minimum atomic E-state index is -4.10. The fourth-order valence-corrected chi connectivity index (χ4v) is 3.06. The van der Waals surface area contributed by atoms with Gasteiger partial charge in [0.1, 0.15) is 5.69 Å². The molecule has 0 bridgehead atoms. The van der Waals surface area contributed by atoms with Gasteiger partial charge in [-0.1, -0.05) is 6.07 Å². The van der Waals surface area contributed by atoms with Crippen LogP contribution < -0.4 is 15.8 Å². The minimum Gasteiger partial charge on any atom is -0.456 e. The number of nitro benzene ring substituents is 1. The number of nitrogens with zero attached hydrogens (tertiary/aromatic N) is 1. The molecule has 0 fully saturated rings. The van der Waals surface area contributed by atoms with Crippen LogP contribution in [-0.2, 0) is 24.3 Å². The van der Waals surface area contributed by atoms with E-state index in [2.05, 4.69) is 10.6 Å². The summed E-state index contributed by atoms with van der Waals surface area (Å²) < 4.78 is 27.6. The number of amides is 1. The van der Waals surface area contributed by atoms with Crippen molar-refractivity contribution in [1.82, 2.24) is 0 Å². The fourth-order valence-electron chi connectivity index (χ4n) is 2.52. The number of carbonyl (C=O) groups is 2. The Morgan fingerprint density at radius 1 is 1.13 bits per heavy atom. The monoisotopic (exact) mass is 450 g/mol. The molecule has 0 aliphatic heterocycles. The first-order chi connectivity index (χ1) is 14.5. The SMILES string of the molecule is Cc1ccc(NC(=O)COC(=O)CCNc2ccc(S(N)(=O)=O)cc2[N+](=O)[O-])cc1C. The van der Waals surface area contributed by atoms with Gasteiger partial charge in [-0.15, -0.1) is 0 Å². The zero-order valence-electron chi connectivity index (χ0n) is 16.9. The molecule has 12 heteroatoms. The summed E-state index contributed by atoms with van der Waals surface area (Å²) in [4.78, 5) is 33.7. The molecule has 166 valence electrons. The van der Waals surface area contributed by atoms with Gasteiger partial charge >= 0.3 is 5.97 Å². The lowest BCUT2D eigenvalue weighted by Gasteiger charge is -2.10. The largest absolute Gasteiger partial charge is 0.456 e. The number of carbonyl (C=O) groups excluding carboxylic acids is 2. The Hall–Kier alpha value is -3.51. The molecule has 0 spiro atoms. The van der Waals surface area contributed by atoms with Crippen molar-refractivity contribution in [2.45, 2.75) is 25.2 Å². The molecule has 11 nitrogen and oxygen atoms in total. The maximum absolute atomic E-state index is 11.9. The van der Waals surface area contributed by atoms with E-state index in [1.807, 2.05) is 19.9 Å². The van der Waals surface area contributed by atoms with Crippen molar-refractivity contribution in [3.63, 3.8) is 0 Å². The number of nitrogens with two attached hydrogens (primary N) is 1. The topological polar surface area (TPSA) is 171 Å². The zero-order valence-corrected chi connectivity index (χ0v) is 17.7. The molecule has 0 atom stereocenters. The molecule has 0 heterocycles. The molecule has 1 amide bonds. The Labute approximate surface area is 178 Å². The molecule has 0 saturated carbocycles. The lowest BCUT2D eigenvalue weighted by molar-refractivity contribution is -0.384. The van der Waals surface area contributed by atoms with Crippen molar-refractivity contribution in [1.29, 1.82) is 0 Å². The summed E-state index contributed by atoms with van der Waals surface area (Å²) in [6, 6.07) is 8.51. The maximum Gasteiger partial charge on any atom is 0.308 e. The normalized spacial score (nSPS) is 10.9. The zero-order chi connectivity index (χ0) is 23.2. The number of anilines is 2. The Bertz CT molecular complexity index is 1120. The van der Waals surface area contributed by atoms with Crippen LogP contribution in [0.1, 0.15) is 17.5 Å². The first-order valence-corrected chi connectivity index (χ1v) is 10.6. The third-order valence-corrected chi connectivity index (χ3v) is 5.20. The second-order valence-electron chi connectivity index (χ2n) is 6.67. The summed E-state index contributed by atoms with van der Waals surface area (Å²) in [5.74, 6) is -1.19. The van der Waals surface area contributed by atoms with Crippen molar-refractivity contribution < 1.29 is 27.7 Å². The number of hydrogen-bond donors (Lipinski definition) is 3. The van der Waals surface area contributed by atoms with Gasteiger partial charge in [-0.2, -0.15) is 0 Å². The van der Waals surface area contributed by atoms with Crippen LogP contribution in [0.15, 0.2) is 41.3 Å². The summed E-state index contributed by atoms with van der Waals surface area (Å²) in [5.41, 5.74) is 2.18. The molecule has 31 heavy (non-hydrogen) atoms. The van der Waals surface area contributed by atoms with Crippen molar-refractivity contribution in [2.24, 2.45) is 5.14 Å². The van der Waals surface area contributed by atoms with E-state index in [-0.39, 0.29) is 18.7 Å². The number of nitro groups is 1. The van der Waals surface area contributed by atoms with Gasteiger partial charge < -0.3 is 15.4 Å². The van der Waals surface area contributed by atoms with Crippen molar-refractivity contribution in [2.75, 3.05) is 23.8 Å². The van der Waals surface area contributed by atoms with Crippen LogP contribution >= 0.6 is 0 Å².